The third kappa shape index (κ3) is 6.82. The largest absolute Gasteiger partial charge is 0.445 e. The maximum atomic E-state index is 13.2. The highest BCUT2D eigenvalue weighted by Crippen LogP contribution is 2.41. The summed E-state index contributed by atoms with van der Waals surface area (Å²) in [7, 11) is 4.24. The number of nitrogens with one attached hydrogen (secondary N) is 1. The van der Waals surface area contributed by atoms with Crippen LogP contribution in [0.3, 0.4) is 0 Å². The van der Waals surface area contributed by atoms with Crippen molar-refractivity contribution in [2.24, 2.45) is 10.6 Å². The van der Waals surface area contributed by atoms with Gasteiger partial charge in [-0.1, -0.05) is 5.16 Å². The Bertz CT molecular complexity index is 1250. The molecule has 2 aliphatic heterocycles. The molecule has 1 fully saturated rings. The number of thioether (sulfide) groups is 1. The summed E-state index contributed by atoms with van der Waals surface area (Å²) in [6.45, 7) is 3.94. The zero-order valence-corrected chi connectivity index (χ0v) is 24.3. The van der Waals surface area contributed by atoms with Crippen molar-refractivity contribution in [1.29, 1.82) is 0 Å². The number of β-lactam (4-membered cyclic amide) rings is 1. The fourth-order valence-corrected chi connectivity index (χ4v) is 5.26. The van der Waals surface area contributed by atoms with E-state index in [2.05, 4.69) is 15.5 Å². The molecule has 0 aliphatic carbocycles. The number of amides is 3. The maximum Gasteiger partial charge on any atom is 0.409 e. The Morgan fingerprint density at radius 3 is 2.50 bits per heavy atom. The third-order valence-corrected chi connectivity index (χ3v) is 7.43. The standard InChI is InChI=1S/C23H30N6O9S2/c1-23(2,3)20(33)38-10-37-19(32)15-11(7-36-22(34)28(4)5)8-39-18-14(17(31)29(15)18)26-16(30)13(27-35-6)12-9-40-21(24)25-12/h9,14,18H,7-8,10H2,1-6H3,(H2,24,25)(H,26,30)/b27-13-/t14-,18-/m1/s1. The first-order valence-electron chi connectivity index (χ1n) is 11.7. The van der Waals surface area contributed by atoms with Gasteiger partial charge >= 0.3 is 18.0 Å². The summed E-state index contributed by atoms with van der Waals surface area (Å²) in [5.41, 5.74) is 4.97. The van der Waals surface area contributed by atoms with Crippen LogP contribution in [0.25, 0.3) is 0 Å². The number of fused-ring (bicyclic) bond motifs is 1. The molecule has 3 amide bonds. The molecule has 40 heavy (non-hydrogen) atoms. The van der Waals surface area contributed by atoms with E-state index in [1.165, 1.54) is 43.2 Å². The molecular formula is C23H30N6O9S2. The molecule has 17 heteroatoms. The minimum Gasteiger partial charge on any atom is -0.445 e. The topological polar surface area (TPSA) is 192 Å². The Hall–Kier alpha value is -3.86. The van der Waals surface area contributed by atoms with E-state index in [9.17, 15) is 24.0 Å². The van der Waals surface area contributed by atoms with E-state index in [-0.39, 0.29) is 34.6 Å². The Morgan fingerprint density at radius 1 is 1.23 bits per heavy atom. The van der Waals surface area contributed by atoms with Crippen molar-refractivity contribution in [1.82, 2.24) is 20.1 Å². The molecule has 0 aromatic carbocycles. The van der Waals surface area contributed by atoms with Gasteiger partial charge in [-0.05, 0) is 20.8 Å². The number of carbonyl (C=O) groups excluding carboxylic acids is 5. The van der Waals surface area contributed by atoms with Crippen LogP contribution in [0.1, 0.15) is 26.5 Å². The van der Waals surface area contributed by atoms with E-state index >= 15 is 0 Å². The first kappa shape index (κ1) is 30.7. The second kappa shape index (κ2) is 12.5. The van der Waals surface area contributed by atoms with Crippen molar-refractivity contribution < 1.29 is 43.0 Å². The monoisotopic (exact) mass is 598 g/mol. The van der Waals surface area contributed by atoms with Crippen molar-refractivity contribution in [2.75, 3.05) is 46.1 Å². The second-order valence-electron chi connectivity index (χ2n) is 9.69. The number of oxime groups is 1. The average molecular weight is 599 g/mol. The minimum absolute atomic E-state index is 0.157. The molecule has 1 aromatic heterocycles. The van der Waals surface area contributed by atoms with E-state index < -0.39 is 53.5 Å². The van der Waals surface area contributed by atoms with Crippen LogP contribution in [0.2, 0.25) is 0 Å². The number of nitrogens with two attached hydrogens (primary N) is 1. The van der Waals surface area contributed by atoms with Gasteiger partial charge in [-0.25, -0.2) is 14.6 Å². The molecule has 2 atom stereocenters. The predicted octanol–water partition coefficient (Wildman–Crippen LogP) is 0.518. The van der Waals surface area contributed by atoms with Crippen molar-refractivity contribution >= 4 is 63.8 Å². The van der Waals surface area contributed by atoms with Crippen LogP contribution in [0, 0.1) is 5.41 Å². The fraction of sp³-hybridized carbons (Fsp3) is 0.522. The molecule has 0 radical (unpaired) electrons. The Balaban J connectivity index is 1.79. The van der Waals surface area contributed by atoms with Crippen molar-refractivity contribution in [3.63, 3.8) is 0 Å². The van der Waals surface area contributed by atoms with E-state index in [0.717, 1.165) is 16.2 Å². The highest BCUT2D eigenvalue weighted by atomic mass is 32.2. The van der Waals surface area contributed by atoms with E-state index in [0.29, 0.717) is 5.57 Å². The number of carbonyl (C=O) groups is 5. The number of ether oxygens (including phenoxy) is 3. The van der Waals surface area contributed by atoms with Gasteiger partial charge in [-0.15, -0.1) is 23.1 Å². The highest BCUT2D eigenvalue weighted by molar-refractivity contribution is 8.00. The van der Waals surface area contributed by atoms with Crippen molar-refractivity contribution in [3.05, 3.63) is 22.3 Å². The zero-order valence-electron chi connectivity index (χ0n) is 22.7. The number of thiazole rings is 1. The van der Waals surface area contributed by atoms with Crippen LogP contribution < -0.4 is 11.1 Å². The van der Waals surface area contributed by atoms with Gasteiger partial charge in [-0.3, -0.25) is 19.3 Å². The van der Waals surface area contributed by atoms with Crippen LogP contribution in [0.4, 0.5) is 9.93 Å². The van der Waals surface area contributed by atoms with Crippen molar-refractivity contribution in [3.8, 4) is 0 Å². The molecule has 1 aromatic rings. The van der Waals surface area contributed by atoms with E-state index in [1.54, 1.807) is 20.8 Å². The molecule has 15 nitrogen and oxygen atoms in total. The van der Waals surface area contributed by atoms with Crippen LogP contribution in [-0.4, -0.2) is 102 Å². The summed E-state index contributed by atoms with van der Waals surface area (Å²) < 4.78 is 15.4. The number of nitrogens with zero attached hydrogens (tertiary/aromatic N) is 4. The Labute approximate surface area is 238 Å². The summed E-state index contributed by atoms with van der Waals surface area (Å²) >= 11 is 2.34. The van der Waals surface area contributed by atoms with Gasteiger partial charge in [0.1, 0.15) is 36.5 Å². The van der Waals surface area contributed by atoms with Crippen LogP contribution >= 0.6 is 23.1 Å². The normalized spacial score (nSPS) is 18.8. The number of rotatable bonds is 9. The van der Waals surface area contributed by atoms with Gasteiger partial charge in [0.15, 0.2) is 10.8 Å². The van der Waals surface area contributed by atoms with Gasteiger partial charge in [0.25, 0.3) is 11.8 Å². The van der Waals surface area contributed by atoms with E-state index in [1.807, 2.05) is 0 Å². The lowest BCUT2D eigenvalue weighted by molar-refractivity contribution is -0.173. The number of nitrogen functional groups attached to an aromatic ring is 1. The molecule has 0 unspecified atom stereocenters. The zero-order chi connectivity index (χ0) is 29.8. The summed E-state index contributed by atoms with van der Waals surface area (Å²) in [4.78, 5) is 74.5. The lowest BCUT2D eigenvalue weighted by Gasteiger charge is -2.49. The molecular weight excluding hydrogens is 568 g/mol. The smallest absolute Gasteiger partial charge is 0.409 e. The molecule has 3 rings (SSSR count). The van der Waals surface area contributed by atoms with Gasteiger partial charge in [-0.2, -0.15) is 0 Å². The molecule has 0 saturated carbocycles. The maximum absolute atomic E-state index is 13.2. The number of hydrogen-bond acceptors (Lipinski definition) is 14. The molecule has 3 N–H and O–H groups in total. The third-order valence-electron chi connectivity index (χ3n) is 5.42. The first-order valence-corrected chi connectivity index (χ1v) is 13.7. The minimum atomic E-state index is -1.03. The quantitative estimate of drug-likeness (QED) is 0.132. The summed E-state index contributed by atoms with van der Waals surface area (Å²) in [5.74, 6) is -2.73. The van der Waals surface area contributed by atoms with Crippen molar-refractivity contribution in [2.45, 2.75) is 32.2 Å². The van der Waals surface area contributed by atoms with Gasteiger partial charge in [0, 0.05) is 30.8 Å². The number of aromatic nitrogens is 1. The summed E-state index contributed by atoms with van der Waals surface area (Å²) in [5, 5.41) is 7.35. The number of hydrogen-bond donors (Lipinski definition) is 2. The fourth-order valence-electron chi connectivity index (χ4n) is 3.38. The van der Waals surface area contributed by atoms with Gasteiger partial charge in [0.05, 0.1) is 5.41 Å². The van der Waals surface area contributed by atoms with E-state index in [4.69, 9.17) is 24.8 Å². The lowest BCUT2D eigenvalue weighted by Crippen LogP contribution is -2.71. The van der Waals surface area contributed by atoms with Crippen LogP contribution in [-0.2, 0) is 38.2 Å². The Kier molecular flexibility index (Phi) is 9.62. The predicted molar refractivity (Wildman–Crippen MR) is 144 cm³/mol. The molecule has 3 heterocycles. The van der Waals surface area contributed by atoms with Gasteiger partial charge in [0.2, 0.25) is 6.79 Å². The first-order chi connectivity index (χ1) is 18.8. The van der Waals surface area contributed by atoms with Crippen LogP contribution in [0.15, 0.2) is 21.8 Å². The summed E-state index contributed by atoms with van der Waals surface area (Å²) in [6.07, 6.45) is -0.654. The number of anilines is 1. The molecule has 218 valence electrons. The Morgan fingerprint density at radius 2 is 1.93 bits per heavy atom. The average Bonchev–Trinajstić information content (AvgIpc) is 3.32. The molecule has 0 bridgehead atoms. The lowest BCUT2D eigenvalue weighted by atomic mass is 9.98. The second-order valence-corrected chi connectivity index (χ2v) is 11.7. The summed E-state index contributed by atoms with van der Waals surface area (Å²) in [6, 6.07) is -1.03. The highest BCUT2D eigenvalue weighted by Gasteiger charge is 2.55. The molecule has 0 spiro atoms. The van der Waals surface area contributed by atoms with Gasteiger partial charge < -0.3 is 35.0 Å². The van der Waals surface area contributed by atoms with Crippen LogP contribution in [0.5, 0.6) is 0 Å². The SMILES string of the molecule is CO/N=C(\C(=O)N[C@@H]1C(=O)N2C(C(=O)OCOC(=O)C(C)(C)C)=C(COC(=O)N(C)C)CS[C@H]12)c1csc(N)n1. The molecule has 1 saturated heterocycles. The number of esters is 2. The molecule has 2 aliphatic rings.